The van der Waals surface area contributed by atoms with Crippen molar-refractivity contribution in [1.82, 2.24) is 20.1 Å². The molecule has 5 heterocycles. The molecule has 4 saturated heterocycles. The second-order valence-corrected chi connectivity index (χ2v) is 9.70. The molecule has 31 heavy (non-hydrogen) atoms. The average molecular weight is 420 g/mol. The number of hydrogen-bond donors (Lipinski definition) is 1. The highest BCUT2D eigenvalue weighted by Gasteiger charge is 2.36. The van der Waals surface area contributed by atoms with Gasteiger partial charge in [-0.05, 0) is 49.1 Å². The summed E-state index contributed by atoms with van der Waals surface area (Å²) in [7, 11) is 0. The number of benzene rings is 1. The molecule has 0 saturated carbocycles. The Labute approximate surface area is 184 Å². The molecule has 0 aliphatic carbocycles. The third-order valence-electron chi connectivity index (χ3n) is 7.42. The Morgan fingerprint density at radius 2 is 2.16 bits per heavy atom. The molecule has 4 aliphatic heterocycles. The van der Waals surface area contributed by atoms with Gasteiger partial charge in [0.2, 0.25) is 5.91 Å². The number of carbonyl (C=O) groups excluding carboxylic acids is 1. The van der Waals surface area contributed by atoms with Crippen LogP contribution in [-0.2, 0) is 11.3 Å². The number of piperazine rings is 1. The lowest BCUT2D eigenvalue weighted by atomic mass is 9.83. The summed E-state index contributed by atoms with van der Waals surface area (Å²) in [5, 5.41) is 4.77. The maximum Gasteiger partial charge on any atom is 0.236 e. The van der Waals surface area contributed by atoms with Gasteiger partial charge in [-0.2, -0.15) is 0 Å². The van der Waals surface area contributed by atoms with Crippen LogP contribution in [0.5, 0.6) is 0 Å². The SMILES string of the molecule is C=NCc1ccc([C@H]2C[C@@H](C)CN(C(=O)CN3CC4CCC3CN4)C2)c2cccnc12. The molecule has 1 aromatic carbocycles. The quantitative estimate of drug-likeness (QED) is 0.757. The van der Waals surface area contributed by atoms with Crippen LogP contribution in [0, 0.1) is 5.92 Å². The molecule has 1 amide bonds. The summed E-state index contributed by atoms with van der Waals surface area (Å²) >= 11 is 0. The predicted molar refractivity (Wildman–Crippen MR) is 124 cm³/mol. The van der Waals surface area contributed by atoms with Crippen LogP contribution in [0.4, 0.5) is 0 Å². The highest BCUT2D eigenvalue weighted by atomic mass is 16.2. The third kappa shape index (κ3) is 4.11. The van der Waals surface area contributed by atoms with Crippen molar-refractivity contribution < 1.29 is 4.79 Å². The molecule has 4 atom stereocenters. The van der Waals surface area contributed by atoms with Gasteiger partial charge in [-0.3, -0.25) is 19.7 Å². The molecule has 6 rings (SSSR count). The van der Waals surface area contributed by atoms with Gasteiger partial charge in [-0.15, -0.1) is 0 Å². The van der Waals surface area contributed by atoms with Gasteiger partial charge in [0, 0.05) is 55.8 Å². The summed E-state index contributed by atoms with van der Waals surface area (Å²) in [5.74, 6) is 1.12. The number of rotatable bonds is 5. The van der Waals surface area contributed by atoms with Gasteiger partial charge < -0.3 is 10.2 Å². The first-order valence-electron chi connectivity index (χ1n) is 11.7. The number of pyridine rings is 1. The second-order valence-electron chi connectivity index (χ2n) is 9.70. The summed E-state index contributed by atoms with van der Waals surface area (Å²) in [5.41, 5.74) is 3.43. The van der Waals surface area contributed by atoms with E-state index in [1.165, 1.54) is 23.8 Å². The summed E-state index contributed by atoms with van der Waals surface area (Å²) in [6, 6.07) is 9.62. The van der Waals surface area contributed by atoms with Gasteiger partial charge in [0.15, 0.2) is 0 Å². The van der Waals surface area contributed by atoms with Crippen molar-refractivity contribution in [2.45, 2.75) is 50.7 Å². The Kier molecular flexibility index (Phi) is 5.76. The van der Waals surface area contributed by atoms with Crippen LogP contribution in [0.15, 0.2) is 35.5 Å². The van der Waals surface area contributed by atoms with E-state index in [1.807, 2.05) is 12.3 Å². The predicted octanol–water partition coefficient (Wildman–Crippen LogP) is 2.82. The van der Waals surface area contributed by atoms with E-state index in [2.05, 4.69) is 56.9 Å². The van der Waals surface area contributed by atoms with Crippen LogP contribution in [-0.4, -0.2) is 72.2 Å². The minimum atomic E-state index is 0.291. The molecular formula is C25H33N5O. The Balaban J connectivity index is 1.36. The molecule has 4 fully saturated rings. The first-order chi connectivity index (χ1) is 15.1. The van der Waals surface area contributed by atoms with Gasteiger partial charge in [-0.1, -0.05) is 25.1 Å². The Morgan fingerprint density at radius 1 is 1.26 bits per heavy atom. The van der Waals surface area contributed by atoms with E-state index in [-0.39, 0.29) is 0 Å². The normalized spacial score (nSPS) is 28.7. The van der Waals surface area contributed by atoms with Crippen molar-refractivity contribution in [3.8, 4) is 0 Å². The first kappa shape index (κ1) is 20.6. The van der Waals surface area contributed by atoms with Crippen molar-refractivity contribution in [3.63, 3.8) is 0 Å². The number of amides is 1. The minimum absolute atomic E-state index is 0.291. The molecule has 164 valence electrons. The van der Waals surface area contributed by atoms with Crippen LogP contribution < -0.4 is 5.32 Å². The van der Waals surface area contributed by atoms with Crippen LogP contribution in [0.2, 0.25) is 0 Å². The standard InChI is InChI=1S/C25H33N5O/c1-17-10-19(22-8-5-18(11-26-2)25-23(22)4-3-9-27-25)14-30(13-17)24(31)16-29-15-20-6-7-21(29)12-28-20/h3-5,8-9,17,19-21,28H,2,6-7,10-16H2,1H3/t17-,19+,20?,21?/m1/s1. The first-order valence-corrected chi connectivity index (χ1v) is 11.7. The van der Waals surface area contributed by atoms with Gasteiger partial charge in [0.05, 0.1) is 18.6 Å². The van der Waals surface area contributed by atoms with Crippen molar-refractivity contribution in [1.29, 1.82) is 0 Å². The molecule has 2 bridgehead atoms. The number of aromatic nitrogens is 1. The Hall–Kier alpha value is -2.31. The largest absolute Gasteiger partial charge is 0.341 e. The van der Waals surface area contributed by atoms with Crippen molar-refractivity contribution in [2.75, 3.05) is 32.7 Å². The van der Waals surface area contributed by atoms with Crippen LogP contribution in [0.3, 0.4) is 0 Å². The Morgan fingerprint density at radius 3 is 2.90 bits per heavy atom. The molecule has 0 radical (unpaired) electrons. The number of nitrogens with one attached hydrogen (secondary N) is 1. The van der Waals surface area contributed by atoms with Crippen LogP contribution >= 0.6 is 0 Å². The highest BCUT2D eigenvalue weighted by molar-refractivity contribution is 5.86. The Bertz CT molecular complexity index is 968. The van der Waals surface area contributed by atoms with Gasteiger partial charge in [-0.25, -0.2) is 0 Å². The number of likely N-dealkylation sites (tertiary alicyclic amines) is 1. The van der Waals surface area contributed by atoms with E-state index in [0.29, 0.717) is 42.9 Å². The number of nitrogens with zero attached hydrogens (tertiary/aromatic N) is 4. The number of aliphatic imine (C=N–C) groups is 1. The minimum Gasteiger partial charge on any atom is -0.341 e. The lowest BCUT2D eigenvalue weighted by Gasteiger charge is -2.46. The summed E-state index contributed by atoms with van der Waals surface area (Å²) in [4.78, 5) is 26.5. The fraction of sp³-hybridized carbons (Fsp3) is 0.560. The van der Waals surface area contributed by atoms with E-state index in [9.17, 15) is 4.79 Å². The van der Waals surface area contributed by atoms with E-state index < -0.39 is 0 Å². The molecule has 4 aliphatic rings. The number of carbonyl (C=O) groups is 1. The molecule has 2 unspecified atom stereocenters. The fourth-order valence-corrected chi connectivity index (χ4v) is 5.91. The lowest BCUT2D eigenvalue weighted by molar-refractivity contribution is -0.136. The van der Waals surface area contributed by atoms with Crippen molar-refractivity contribution >= 4 is 23.5 Å². The molecule has 2 aromatic rings. The third-order valence-corrected chi connectivity index (χ3v) is 7.42. The van der Waals surface area contributed by atoms with Gasteiger partial charge in [0.1, 0.15) is 0 Å². The van der Waals surface area contributed by atoms with Crippen LogP contribution in [0.1, 0.15) is 43.2 Å². The summed E-state index contributed by atoms with van der Waals surface area (Å²) in [6.45, 7) is 10.8. The van der Waals surface area contributed by atoms with Crippen LogP contribution in [0.25, 0.3) is 10.9 Å². The molecular weight excluding hydrogens is 386 g/mol. The molecule has 6 heteroatoms. The highest BCUT2D eigenvalue weighted by Crippen LogP contribution is 2.35. The zero-order valence-corrected chi connectivity index (χ0v) is 18.5. The smallest absolute Gasteiger partial charge is 0.236 e. The number of fused-ring (bicyclic) bond motifs is 4. The average Bonchev–Trinajstić information content (AvgIpc) is 2.80. The second kappa shape index (κ2) is 8.67. The van der Waals surface area contributed by atoms with E-state index in [0.717, 1.165) is 43.7 Å². The van der Waals surface area contributed by atoms with E-state index in [4.69, 9.17) is 0 Å². The zero-order chi connectivity index (χ0) is 21.4. The summed E-state index contributed by atoms with van der Waals surface area (Å²) in [6.07, 6.45) is 5.41. The number of piperidine rings is 3. The molecule has 1 aromatic heterocycles. The lowest BCUT2D eigenvalue weighted by Crippen LogP contribution is -2.62. The number of hydrogen-bond acceptors (Lipinski definition) is 5. The monoisotopic (exact) mass is 419 g/mol. The summed E-state index contributed by atoms with van der Waals surface area (Å²) < 4.78 is 0. The maximum atomic E-state index is 13.3. The van der Waals surface area contributed by atoms with Crippen molar-refractivity contribution in [3.05, 3.63) is 41.6 Å². The maximum absolute atomic E-state index is 13.3. The van der Waals surface area contributed by atoms with Crippen molar-refractivity contribution in [2.24, 2.45) is 10.9 Å². The topological polar surface area (TPSA) is 60.8 Å². The molecule has 6 nitrogen and oxygen atoms in total. The molecule has 0 spiro atoms. The zero-order valence-electron chi connectivity index (χ0n) is 18.5. The van der Waals surface area contributed by atoms with Gasteiger partial charge in [0.25, 0.3) is 0 Å². The molecule has 1 N–H and O–H groups in total. The van der Waals surface area contributed by atoms with E-state index in [1.54, 1.807) is 0 Å². The van der Waals surface area contributed by atoms with Gasteiger partial charge >= 0.3 is 0 Å². The fourth-order valence-electron chi connectivity index (χ4n) is 5.91. The van der Waals surface area contributed by atoms with E-state index >= 15 is 0 Å².